The number of pyridine rings is 1. The van der Waals surface area contributed by atoms with Crippen LogP contribution in [-0.4, -0.2) is 24.4 Å². The molecule has 0 aliphatic carbocycles. The van der Waals surface area contributed by atoms with E-state index < -0.39 is 12.3 Å². The van der Waals surface area contributed by atoms with E-state index in [0.717, 1.165) is 4.90 Å². The van der Waals surface area contributed by atoms with E-state index in [2.05, 4.69) is 4.98 Å². The lowest BCUT2D eigenvalue weighted by Crippen LogP contribution is -2.31. The Morgan fingerprint density at radius 3 is 2.77 bits per heavy atom. The average Bonchev–Trinajstić information content (AvgIpc) is 2.17. The smallest absolute Gasteiger partial charge is 0.309 e. The van der Waals surface area contributed by atoms with E-state index in [4.69, 9.17) is 0 Å². The number of hydrogen-bond donors (Lipinski definition) is 0. The number of carbonyl (C=O) groups is 1. The van der Waals surface area contributed by atoms with Crippen LogP contribution in [0.5, 0.6) is 0 Å². The lowest BCUT2D eigenvalue weighted by Gasteiger charge is -2.15. The summed E-state index contributed by atoms with van der Waals surface area (Å²) in [5, 5.41) is 0. The molecule has 0 aromatic carbocycles. The predicted octanol–water partition coefficient (Wildman–Crippen LogP) is 1.31. The Balaban J connectivity index is 2.80. The van der Waals surface area contributed by atoms with Crippen LogP contribution in [0.1, 0.15) is 0 Å². The van der Waals surface area contributed by atoms with E-state index in [1.54, 1.807) is 6.07 Å². The first kappa shape index (κ1) is 9.57. The molecule has 0 aliphatic rings. The minimum Gasteiger partial charge on any atom is -0.309 e. The van der Waals surface area contributed by atoms with Crippen LogP contribution in [0, 0.1) is 0 Å². The maximum atomic E-state index is 12.0. The molecule has 1 aromatic heterocycles. The summed E-state index contributed by atoms with van der Waals surface area (Å²) < 4.78 is 23.9. The largest absolute Gasteiger partial charge is 0.316 e. The molecule has 0 N–H and O–H groups in total. The van der Waals surface area contributed by atoms with Gasteiger partial charge in [-0.25, -0.2) is 0 Å². The van der Waals surface area contributed by atoms with E-state index in [1.165, 1.54) is 25.5 Å². The van der Waals surface area contributed by atoms with Gasteiger partial charge >= 0.3 is 6.43 Å². The Morgan fingerprint density at radius 2 is 2.31 bits per heavy atom. The SMILES string of the molecule is CN(C(=O)C(F)F)c1cccnc1. The van der Waals surface area contributed by atoms with Gasteiger partial charge in [0.15, 0.2) is 0 Å². The van der Waals surface area contributed by atoms with Crippen LogP contribution in [-0.2, 0) is 4.79 Å². The van der Waals surface area contributed by atoms with Gasteiger partial charge in [-0.05, 0) is 12.1 Å². The molecular formula is C8H8F2N2O. The number of nitrogens with zero attached hydrogens (tertiary/aromatic N) is 2. The van der Waals surface area contributed by atoms with Crippen molar-refractivity contribution in [3.05, 3.63) is 24.5 Å². The molecule has 0 unspecified atom stereocenters. The van der Waals surface area contributed by atoms with E-state index in [0.29, 0.717) is 5.69 Å². The molecule has 1 amide bonds. The van der Waals surface area contributed by atoms with Crippen LogP contribution in [0.15, 0.2) is 24.5 Å². The van der Waals surface area contributed by atoms with Crippen molar-refractivity contribution < 1.29 is 13.6 Å². The lowest BCUT2D eigenvalue weighted by atomic mass is 10.4. The Morgan fingerprint density at radius 1 is 1.62 bits per heavy atom. The maximum absolute atomic E-state index is 12.0. The number of carbonyl (C=O) groups excluding carboxylic acids is 1. The number of alkyl halides is 2. The van der Waals surface area contributed by atoms with Crippen molar-refractivity contribution in [3.63, 3.8) is 0 Å². The minimum absolute atomic E-state index is 0.354. The molecule has 3 nitrogen and oxygen atoms in total. The normalized spacial score (nSPS) is 10.2. The lowest BCUT2D eigenvalue weighted by molar-refractivity contribution is -0.128. The number of aromatic nitrogens is 1. The van der Waals surface area contributed by atoms with Gasteiger partial charge in [-0.2, -0.15) is 8.78 Å². The number of hydrogen-bond acceptors (Lipinski definition) is 2. The van der Waals surface area contributed by atoms with E-state index in [9.17, 15) is 13.6 Å². The molecule has 0 fully saturated rings. The quantitative estimate of drug-likeness (QED) is 0.697. The summed E-state index contributed by atoms with van der Waals surface area (Å²) in [5.74, 6) is -1.23. The van der Waals surface area contributed by atoms with Crippen molar-refractivity contribution in [3.8, 4) is 0 Å². The molecule has 1 aromatic rings. The van der Waals surface area contributed by atoms with Gasteiger partial charge in [0.25, 0.3) is 5.91 Å². The summed E-state index contributed by atoms with van der Waals surface area (Å²) in [6.07, 6.45) is -0.130. The zero-order valence-electron chi connectivity index (χ0n) is 6.95. The number of rotatable bonds is 2. The first-order valence-corrected chi connectivity index (χ1v) is 3.58. The second-order valence-electron chi connectivity index (χ2n) is 2.41. The second-order valence-corrected chi connectivity index (χ2v) is 2.41. The van der Waals surface area contributed by atoms with Crippen LogP contribution in [0.4, 0.5) is 14.5 Å². The van der Waals surface area contributed by atoms with Crippen LogP contribution in [0.25, 0.3) is 0 Å². The van der Waals surface area contributed by atoms with Crippen LogP contribution in [0.3, 0.4) is 0 Å². The molecule has 70 valence electrons. The van der Waals surface area contributed by atoms with Gasteiger partial charge in [-0.15, -0.1) is 0 Å². The van der Waals surface area contributed by atoms with Crippen molar-refractivity contribution >= 4 is 11.6 Å². The van der Waals surface area contributed by atoms with Crippen molar-refractivity contribution in [2.75, 3.05) is 11.9 Å². The first-order chi connectivity index (χ1) is 6.13. The van der Waals surface area contributed by atoms with E-state index in [1.807, 2.05) is 0 Å². The molecule has 0 bridgehead atoms. The van der Waals surface area contributed by atoms with Crippen molar-refractivity contribution in [1.29, 1.82) is 0 Å². The summed E-state index contributed by atoms with van der Waals surface area (Å²) >= 11 is 0. The first-order valence-electron chi connectivity index (χ1n) is 3.58. The summed E-state index contributed by atoms with van der Waals surface area (Å²) in [6.45, 7) is 0. The third-order valence-corrected chi connectivity index (χ3v) is 1.55. The molecule has 1 rings (SSSR count). The zero-order chi connectivity index (χ0) is 9.84. The van der Waals surface area contributed by atoms with Crippen LogP contribution < -0.4 is 4.90 Å². The van der Waals surface area contributed by atoms with Crippen molar-refractivity contribution in [2.45, 2.75) is 6.43 Å². The molecule has 0 saturated heterocycles. The molecule has 5 heteroatoms. The van der Waals surface area contributed by atoms with E-state index >= 15 is 0 Å². The topological polar surface area (TPSA) is 33.2 Å². The Labute approximate surface area is 74.0 Å². The summed E-state index contributed by atoms with van der Waals surface area (Å²) in [4.78, 5) is 15.4. The third-order valence-electron chi connectivity index (χ3n) is 1.55. The molecule has 1 heterocycles. The molecule has 0 saturated carbocycles. The van der Waals surface area contributed by atoms with Gasteiger partial charge in [0.2, 0.25) is 0 Å². The van der Waals surface area contributed by atoms with Gasteiger partial charge in [-0.3, -0.25) is 9.78 Å². The number of anilines is 1. The van der Waals surface area contributed by atoms with Crippen molar-refractivity contribution in [1.82, 2.24) is 4.98 Å². The highest BCUT2D eigenvalue weighted by Gasteiger charge is 2.20. The van der Waals surface area contributed by atoms with Gasteiger partial charge < -0.3 is 4.90 Å². The third kappa shape index (κ3) is 2.21. The van der Waals surface area contributed by atoms with Gasteiger partial charge in [0.05, 0.1) is 11.9 Å². The Kier molecular flexibility index (Phi) is 2.89. The number of halogens is 2. The fourth-order valence-corrected chi connectivity index (χ4v) is 0.826. The van der Waals surface area contributed by atoms with Crippen LogP contribution >= 0.6 is 0 Å². The average molecular weight is 186 g/mol. The van der Waals surface area contributed by atoms with Crippen molar-refractivity contribution in [2.24, 2.45) is 0 Å². The molecule has 0 atom stereocenters. The summed E-state index contributed by atoms with van der Waals surface area (Å²) in [7, 11) is 1.28. The molecule has 13 heavy (non-hydrogen) atoms. The van der Waals surface area contributed by atoms with Gasteiger partial charge in [0, 0.05) is 13.2 Å². The highest BCUT2D eigenvalue weighted by Crippen LogP contribution is 2.11. The zero-order valence-corrected chi connectivity index (χ0v) is 6.95. The fourth-order valence-electron chi connectivity index (χ4n) is 0.826. The van der Waals surface area contributed by atoms with Crippen LogP contribution in [0.2, 0.25) is 0 Å². The number of amides is 1. The fraction of sp³-hybridized carbons (Fsp3) is 0.250. The van der Waals surface area contributed by atoms with E-state index in [-0.39, 0.29) is 0 Å². The Bertz CT molecular complexity index is 289. The molecule has 0 spiro atoms. The molecule has 0 aliphatic heterocycles. The second kappa shape index (κ2) is 3.93. The summed E-state index contributed by atoms with van der Waals surface area (Å²) in [5.41, 5.74) is 0.354. The van der Waals surface area contributed by atoms with Gasteiger partial charge in [0.1, 0.15) is 0 Å². The monoisotopic (exact) mass is 186 g/mol. The highest BCUT2D eigenvalue weighted by molar-refractivity contribution is 5.94. The molecule has 0 radical (unpaired) electrons. The standard InChI is InChI=1S/C8H8F2N2O/c1-12(8(13)7(9)10)6-3-2-4-11-5-6/h2-5,7H,1H3. The van der Waals surface area contributed by atoms with Gasteiger partial charge in [-0.1, -0.05) is 0 Å². The Hall–Kier alpha value is -1.52. The molecular weight excluding hydrogens is 178 g/mol. The maximum Gasteiger partial charge on any atom is 0.316 e. The highest BCUT2D eigenvalue weighted by atomic mass is 19.3. The predicted molar refractivity (Wildman–Crippen MR) is 43.7 cm³/mol. The minimum atomic E-state index is -2.98. The summed E-state index contributed by atoms with van der Waals surface area (Å²) in [6, 6.07) is 3.11.